The Morgan fingerprint density at radius 2 is 2.17 bits per heavy atom. The lowest BCUT2D eigenvalue weighted by molar-refractivity contribution is -0.163. The highest BCUT2D eigenvalue weighted by Gasteiger charge is 2.60. The van der Waals surface area contributed by atoms with Gasteiger partial charge in [0, 0.05) is 46.7 Å². The van der Waals surface area contributed by atoms with Crippen LogP contribution in [0, 0.1) is 11.8 Å². The predicted octanol–water partition coefficient (Wildman–Crippen LogP) is 0.00530. The molecule has 2 saturated heterocycles. The highest BCUT2D eigenvalue weighted by Crippen LogP contribution is 2.51. The van der Waals surface area contributed by atoms with Crippen LogP contribution in [0.25, 0.3) is 0 Å². The Bertz CT molecular complexity index is 716. The number of rotatable bonds is 9. The molecule has 0 saturated carbocycles. The number of amides is 3. The normalized spacial score (nSPS) is 32.2. The van der Waals surface area contributed by atoms with Crippen molar-refractivity contribution in [2.75, 3.05) is 24.6 Å². The largest absolute Gasteiger partial charge is 0.477 e. The third kappa shape index (κ3) is 4.52. The molecule has 3 rings (SSSR count). The molecule has 0 aliphatic carbocycles. The number of urea groups is 1. The zero-order chi connectivity index (χ0) is 21.3. The highest BCUT2D eigenvalue weighted by molar-refractivity contribution is 8.03. The van der Waals surface area contributed by atoms with Crippen molar-refractivity contribution in [3.8, 4) is 0 Å². The molecule has 0 radical (unpaired) electrons. The monoisotopic (exact) mass is 444 g/mol. The first-order valence-electron chi connectivity index (χ1n) is 9.72. The number of carboxylic acid groups (broad SMARTS) is 1. The minimum Gasteiger partial charge on any atom is -0.477 e. The number of aliphatic carboxylic acids is 1. The molecule has 3 aliphatic rings. The number of aliphatic hydroxyl groups excluding tert-OH is 1. The molecule has 2 fully saturated rings. The van der Waals surface area contributed by atoms with Crippen molar-refractivity contribution in [1.82, 2.24) is 15.5 Å². The first-order chi connectivity index (χ1) is 13.7. The van der Waals surface area contributed by atoms with E-state index in [1.165, 1.54) is 4.90 Å². The van der Waals surface area contributed by atoms with Gasteiger partial charge in [0.1, 0.15) is 5.70 Å². The SMILES string of the molecule is C[C@@H]1C(S[C@@H]2CN[C@H](CSCCNC(N)=O)C2)=C(C(=O)O)N2C(=O)[C@H]([C@@H](C)O)[C@@H]12. The quantitative estimate of drug-likeness (QED) is 0.247. The van der Waals surface area contributed by atoms with Crippen molar-refractivity contribution in [2.24, 2.45) is 17.6 Å². The summed E-state index contributed by atoms with van der Waals surface area (Å²) in [7, 11) is 0. The first kappa shape index (κ1) is 22.3. The number of primary amides is 1. The summed E-state index contributed by atoms with van der Waals surface area (Å²) in [5, 5.41) is 25.9. The van der Waals surface area contributed by atoms with Crippen molar-refractivity contribution in [1.29, 1.82) is 0 Å². The topological polar surface area (TPSA) is 145 Å². The van der Waals surface area contributed by atoms with E-state index in [0.29, 0.717) is 12.6 Å². The van der Waals surface area contributed by atoms with Gasteiger partial charge in [0.2, 0.25) is 5.91 Å². The fraction of sp³-hybridized carbons (Fsp3) is 0.722. The summed E-state index contributed by atoms with van der Waals surface area (Å²) in [5.74, 6) is -0.333. The number of carbonyl (C=O) groups excluding carboxylic acids is 2. The molecule has 0 aromatic heterocycles. The molecule has 6 N–H and O–H groups in total. The van der Waals surface area contributed by atoms with E-state index in [-0.39, 0.29) is 28.8 Å². The third-order valence-electron chi connectivity index (χ3n) is 5.65. The van der Waals surface area contributed by atoms with Crippen molar-refractivity contribution >= 4 is 41.4 Å². The van der Waals surface area contributed by atoms with Crippen LogP contribution in [-0.4, -0.2) is 81.1 Å². The number of nitrogens with two attached hydrogens (primary N) is 1. The van der Waals surface area contributed by atoms with Crippen molar-refractivity contribution in [3.63, 3.8) is 0 Å². The summed E-state index contributed by atoms with van der Waals surface area (Å²) in [6.07, 6.45) is 0.117. The van der Waals surface area contributed by atoms with E-state index in [2.05, 4.69) is 10.6 Å². The number of fused-ring (bicyclic) bond motifs is 1. The molecule has 3 amide bonds. The number of nitrogens with zero attached hydrogens (tertiary/aromatic N) is 1. The molecule has 9 nitrogen and oxygen atoms in total. The molecule has 0 aromatic carbocycles. The van der Waals surface area contributed by atoms with Gasteiger partial charge in [0.05, 0.1) is 18.1 Å². The fourth-order valence-electron chi connectivity index (χ4n) is 4.33. The molecule has 3 heterocycles. The van der Waals surface area contributed by atoms with Gasteiger partial charge in [-0.1, -0.05) is 6.92 Å². The summed E-state index contributed by atoms with van der Waals surface area (Å²) < 4.78 is 0. The molecule has 0 unspecified atom stereocenters. The van der Waals surface area contributed by atoms with E-state index in [0.717, 1.165) is 29.4 Å². The minimum absolute atomic E-state index is 0.0877. The van der Waals surface area contributed by atoms with Crippen LogP contribution in [0.4, 0.5) is 4.79 Å². The van der Waals surface area contributed by atoms with Crippen LogP contribution in [0.1, 0.15) is 20.3 Å². The Hall–Kier alpha value is -1.43. The Morgan fingerprint density at radius 1 is 1.45 bits per heavy atom. The van der Waals surface area contributed by atoms with Crippen LogP contribution >= 0.6 is 23.5 Å². The van der Waals surface area contributed by atoms with Crippen molar-refractivity contribution in [3.05, 3.63) is 10.6 Å². The second kappa shape index (κ2) is 9.15. The number of nitrogens with one attached hydrogen (secondary N) is 2. The zero-order valence-electron chi connectivity index (χ0n) is 16.5. The predicted molar refractivity (Wildman–Crippen MR) is 112 cm³/mol. The lowest BCUT2D eigenvalue weighted by Crippen LogP contribution is -2.63. The Morgan fingerprint density at radius 3 is 2.79 bits per heavy atom. The van der Waals surface area contributed by atoms with Crippen LogP contribution < -0.4 is 16.4 Å². The second-order valence-corrected chi connectivity index (χ2v) is 10.2. The van der Waals surface area contributed by atoms with E-state index in [9.17, 15) is 24.6 Å². The van der Waals surface area contributed by atoms with Crippen LogP contribution in [0.15, 0.2) is 10.6 Å². The van der Waals surface area contributed by atoms with Crippen LogP contribution in [-0.2, 0) is 9.59 Å². The standard InChI is InChI=1S/C18H28N4O5S2/c1-8-13-12(9(2)23)16(24)22(13)14(17(25)26)15(8)29-11-5-10(21-6-11)7-28-4-3-20-18(19)27/h8-13,21,23H,3-7H2,1-2H3,(H,25,26)(H3,19,20,27)/t8-,9+,10-,11-,12+,13+/m0/s1. The van der Waals surface area contributed by atoms with Gasteiger partial charge in [-0.2, -0.15) is 11.8 Å². The Labute approximate surface area is 178 Å². The number of β-lactam (4-membered cyclic amide) rings is 1. The van der Waals surface area contributed by atoms with E-state index in [4.69, 9.17) is 5.73 Å². The summed E-state index contributed by atoms with van der Waals surface area (Å²) in [5.41, 5.74) is 5.12. The van der Waals surface area contributed by atoms with Gasteiger partial charge >= 0.3 is 12.0 Å². The number of aliphatic hydroxyl groups is 1. The fourth-order valence-corrected chi connectivity index (χ4v) is 6.80. The zero-order valence-corrected chi connectivity index (χ0v) is 18.1. The maximum Gasteiger partial charge on any atom is 0.353 e. The molecule has 0 spiro atoms. The third-order valence-corrected chi connectivity index (χ3v) is 8.29. The van der Waals surface area contributed by atoms with Gasteiger partial charge in [-0.25, -0.2) is 9.59 Å². The van der Waals surface area contributed by atoms with Gasteiger partial charge < -0.3 is 31.5 Å². The number of hydrogen-bond acceptors (Lipinski definition) is 7. The van der Waals surface area contributed by atoms with Gasteiger partial charge in [0.25, 0.3) is 0 Å². The van der Waals surface area contributed by atoms with E-state index in [1.807, 2.05) is 6.92 Å². The van der Waals surface area contributed by atoms with Gasteiger partial charge in [0.15, 0.2) is 0 Å². The maximum absolute atomic E-state index is 12.4. The average molecular weight is 445 g/mol. The molecule has 162 valence electrons. The van der Waals surface area contributed by atoms with Crippen molar-refractivity contribution in [2.45, 2.75) is 43.7 Å². The summed E-state index contributed by atoms with van der Waals surface area (Å²) >= 11 is 3.28. The number of carbonyl (C=O) groups is 3. The molecule has 11 heteroatoms. The molecular formula is C18H28N4O5S2. The smallest absolute Gasteiger partial charge is 0.353 e. The summed E-state index contributed by atoms with van der Waals surface area (Å²) in [4.78, 5) is 37.0. The molecule has 3 aliphatic heterocycles. The molecule has 0 bridgehead atoms. The van der Waals surface area contributed by atoms with E-state index >= 15 is 0 Å². The van der Waals surface area contributed by atoms with Crippen LogP contribution in [0.3, 0.4) is 0 Å². The van der Waals surface area contributed by atoms with Crippen LogP contribution in [0.5, 0.6) is 0 Å². The molecule has 0 aromatic rings. The lowest BCUT2D eigenvalue weighted by Gasteiger charge is -2.46. The molecule has 6 atom stereocenters. The summed E-state index contributed by atoms with van der Waals surface area (Å²) in [6, 6.07) is -0.467. The second-order valence-electron chi connectivity index (χ2n) is 7.72. The lowest BCUT2D eigenvalue weighted by atomic mass is 9.79. The first-order valence-corrected chi connectivity index (χ1v) is 11.8. The van der Waals surface area contributed by atoms with E-state index < -0.39 is 24.0 Å². The molecule has 29 heavy (non-hydrogen) atoms. The summed E-state index contributed by atoms with van der Waals surface area (Å²) in [6.45, 7) is 4.84. The molecular weight excluding hydrogens is 416 g/mol. The van der Waals surface area contributed by atoms with Gasteiger partial charge in [-0.3, -0.25) is 4.79 Å². The number of thioether (sulfide) groups is 2. The Balaban J connectivity index is 1.56. The van der Waals surface area contributed by atoms with Crippen LogP contribution in [0.2, 0.25) is 0 Å². The minimum atomic E-state index is -1.08. The number of hydrogen-bond donors (Lipinski definition) is 5. The highest BCUT2D eigenvalue weighted by atomic mass is 32.2. The Kier molecular flexibility index (Phi) is 7.02. The van der Waals surface area contributed by atoms with Gasteiger partial charge in [-0.15, -0.1) is 11.8 Å². The van der Waals surface area contributed by atoms with E-state index in [1.54, 1.807) is 30.4 Å². The average Bonchev–Trinajstić information content (AvgIpc) is 3.16. The number of carboxylic acids is 1. The van der Waals surface area contributed by atoms with Crippen molar-refractivity contribution < 1.29 is 24.6 Å². The van der Waals surface area contributed by atoms with Gasteiger partial charge in [-0.05, 0) is 13.3 Å². The maximum atomic E-state index is 12.4.